The van der Waals surface area contributed by atoms with E-state index in [-0.39, 0.29) is 12.5 Å². The van der Waals surface area contributed by atoms with Crippen LogP contribution in [0, 0.1) is 0 Å². The summed E-state index contributed by atoms with van der Waals surface area (Å²) in [5.74, 6) is -0.0923. The molecule has 0 unspecified atom stereocenters. The predicted octanol–water partition coefficient (Wildman–Crippen LogP) is 5.66. The third kappa shape index (κ3) is 17.2. The fraction of sp³-hybridized carbons (Fsp3) is 0.875. The quantitative estimate of drug-likeness (QED) is 0.183. The van der Waals surface area contributed by atoms with Gasteiger partial charge in [0.1, 0.15) is 0 Å². The largest absolute Gasteiger partial charge is 0.394 e. The van der Waals surface area contributed by atoms with Crippen LogP contribution in [0.25, 0.3) is 0 Å². The topological polar surface area (TPSA) is 69.6 Å². The average molecular weight is 398 g/mol. The number of aliphatic hydroxyl groups excluding tert-OH is 2. The monoisotopic (exact) mass is 397 g/mol. The Bertz CT molecular complexity index is 371. The van der Waals surface area contributed by atoms with E-state index in [2.05, 4.69) is 19.2 Å². The van der Waals surface area contributed by atoms with Gasteiger partial charge in [-0.15, -0.1) is 0 Å². The third-order valence-corrected chi connectivity index (χ3v) is 5.27. The molecule has 28 heavy (non-hydrogen) atoms. The minimum absolute atomic E-state index is 0.0923. The number of hydrogen-bond donors (Lipinski definition) is 3. The molecule has 0 aliphatic carbocycles. The molecule has 166 valence electrons. The van der Waals surface area contributed by atoms with Crippen LogP contribution in [0.2, 0.25) is 0 Å². The smallest absolute Gasteiger partial charge is 0.220 e. The maximum absolute atomic E-state index is 11.8. The van der Waals surface area contributed by atoms with Crippen LogP contribution in [0.4, 0.5) is 0 Å². The second-order valence-corrected chi connectivity index (χ2v) is 8.06. The summed E-state index contributed by atoms with van der Waals surface area (Å²) in [5.41, 5.74) is 0. The molecule has 0 spiro atoms. The van der Waals surface area contributed by atoms with E-state index in [9.17, 15) is 15.0 Å². The lowest BCUT2D eigenvalue weighted by Crippen LogP contribution is -2.45. The van der Waals surface area contributed by atoms with Gasteiger partial charge in [-0.2, -0.15) is 0 Å². The van der Waals surface area contributed by atoms with Gasteiger partial charge in [0, 0.05) is 6.42 Å². The Labute approximate surface area is 174 Å². The second-order valence-electron chi connectivity index (χ2n) is 8.06. The van der Waals surface area contributed by atoms with Crippen molar-refractivity contribution in [3.63, 3.8) is 0 Å². The molecule has 2 atom stereocenters. The second kappa shape index (κ2) is 20.9. The highest BCUT2D eigenvalue weighted by atomic mass is 16.3. The Morgan fingerprint density at radius 3 is 1.86 bits per heavy atom. The molecule has 0 aromatic heterocycles. The molecule has 0 aliphatic rings. The third-order valence-electron chi connectivity index (χ3n) is 5.27. The summed E-state index contributed by atoms with van der Waals surface area (Å²) < 4.78 is 0. The molecule has 0 aromatic carbocycles. The highest BCUT2D eigenvalue weighted by Crippen LogP contribution is 2.12. The molecule has 4 nitrogen and oxygen atoms in total. The van der Waals surface area contributed by atoms with Crippen molar-refractivity contribution in [2.45, 2.75) is 129 Å². The first-order valence-electron chi connectivity index (χ1n) is 11.9. The van der Waals surface area contributed by atoms with E-state index in [1.54, 1.807) is 6.08 Å². The van der Waals surface area contributed by atoms with E-state index in [1.807, 2.05) is 6.08 Å². The van der Waals surface area contributed by atoms with Gasteiger partial charge in [-0.1, -0.05) is 103 Å². The van der Waals surface area contributed by atoms with Crippen molar-refractivity contribution in [1.82, 2.24) is 5.32 Å². The highest BCUT2D eigenvalue weighted by Gasteiger charge is 2.17. The summed E-state index contributed by atoms with van der Waals surface area (Å²) in [6.45, 7) is 4.11. The van der Waals surface area contributed by atoms with E-state index in [1.165, 1.54) is 64.2 Å². The van der Waals surface area contributed by atoms with Crippen molar-refractivity contribution in [1.29, 1.82) is 0 Å². The standard InChI is InChI=1S/C24H47NO3/c1-3-5-7-8-9-10-11-12-13-14-15-16-18-19-23(27)22(21-26)25-24(28)20-17-6-4-2/h18-19,22-23,26-27H,3-17,20-21H2,1-2H3,(H,25,28)/b19-18+/t22-,23+/m1/s1. The molecule has 0 radical (unpaired) electrons. The van der Waals surface area contributed by atoms with Crippen molar-refractivity contribution in [2.24, 2.45) is 0 Å². The molecule has 1 amide bonds. The zero-order chi connectivity index (χ0) is 20.9. The van der Waals surface area contributed by atoms with Crippen molar-refractivity contribution < 1.29 is 15.0 Å². The number of rotatable bonds is 20. The Morgan fingerprint density at radius 1 is 0.821 bits per heavy atom. The Balaban J connectivity index is 3.66. The van der Waals surface area contributed by atoms with Gasteiger partial charge in [-0.3, -0.25) is 4.79 Å². The summed E-state index contributed by atoms with van der Waals surface area (Å²) in [6.07, 6.45) is 21.8. The first-order chi connectivity index (χ1) is 13.7. The van der Waals surface area contributed by atoms with Gasteiger partial charge in [-0.25, -0.2) is 0 Å². The van der Waals surface area contributed by atoms with Crippen molar-refractivity contribution in [3.05, 3.63) is 12.2 Å². The van der Waals surface area contributed by atoms with Gasteiger partial charge >= 0.3 is 0 Å². The summed E-state index contributed by atoms with van der Waals surface area (Å²) in [4.78, 5) is 11.8. The summed E-state index contributed by atoms with van der Waals surface area (Å²) in [6, 6.07) is -0.609. The van der Waals surface area contributed by atoms with Gasteiger partial charge in [0.2, 0.25) is 5.91 Å². The zero-order valence-corrected chi connectivity index (χ0v) is 18.6. The lowest BCUT2D eigenvalue weighted by molar-refractivity contribution is -0.123. The molecule has 0 bridgehead atoms. The Kier molecular flexibility index (Phi) is 20.2. The number of aliphatic hydroxyl groups is 2. The molecule has 0 aromatic rings. The molecular formula is C24H47NO3. The van der Waals surface area contributed by atoms with Crippen LogP contribution in [0.15, 0.2) is 12.2 Å². The number of amides is 1. The van der Waals surface area contributed by atoms with Gasteiger partial charge in [0.05, 0.1) is 18.8 Å². The molecule has 0 saturated heterocycles. The predicted molar refractivity (Wildman–Crippen MR) is 119 cm³/mol. The molecule has 0 saturated carbocycles. The van der Waals surface area contributed by atoms with E-state index < -0.39 is 12.1 Å². The van der Waals surface area contributed by atoms with Crippen LogP contribution in [0.1, 0.15) is 117 Å². The highest BCUT2D eigenvalue weighted by molar-refractivity contribution is 5.76. The maximum Gasteiger partial charge on any atom is 0.220 e. The van der Waals surface area contributed by atoms with Crippen molar-refractivity contribution >= 4 is 5.91 Å². The SMILES string of the molecule is CCCCCCCCCCCCC/C=C/[C@H](O)[C@@H](CO)NC(=O)CCCCC. The van der Waals surface area contributed by atoms with Crippen molar-refractivity contribution in [3.8, 4) is 0 Å². The molecule has 4 heteroatoms. The van der Waals surface area contributed by atoms with Crippen LogP contribution < -0.4 is 5.32 Å². The normalized spacial score (nSPS) is 13.7. The van der Waals surface area contributed by atoms with Crippen LogP contribution >= 0.6 is 0 Å². The van der Waals surface area contributed by atoms with Crippen LogP contribution in [-0.4, -0.2) is 34.9 Å². The molecule has 0 fully saturated rings. The fourth-order valence-electron chi connectivity index (χ4n) is 3.35. The number of carbonyl (C=O) groups is 1. The lowest BCUT2D eigenvalue weighted by atomic mass is 10.0. The van der Waals surface area contributed by atoms with Crippen LogP contribution in [0.5, 0.6) is 0 Å². The molecule has 0 aliphatic heterocycles. The van der Waals surface area contributed by atoms with Gasteiger partial charge in [-0.05, 0) is 19.3 Å². The maximum atomic E-state index is 11.8. The molecule has 3 N–H and O–H groups in total. The lowest BCUT2D eigenvalue weighted by Gasteiger charge is -2.19. The summed E-state index contributed by atoms with van der Waals surface area (Å²) in [5, 5.41) is 22.3. The number of nitrogens with one attached hydrogen (secondary N) is 1. The molecular weight excluding hydrogens is 350 g/mol. The Morgan fingerprint density at radius 2 is 1.32 bits per heavy atom. The van der Waals surface area contributed by atoms with Gasteiger partial charge in [0.15, 0.2) is 0 Å². The minimum Gasteiger partial charge on any atom is -0.394 e. The fourth-order valence-corrected chi connectivity index (χ4v) is 3.35. The first-order valence-corrected chi connectivity index (χ1v) is 11.9. The van der Waals surface area contributed by atoms with Gasteiger partial charge in [0.25, 0.3) is 0 Å². The van der Waals surface area contributed by atoms with E-state index in [0.29, 0.717) is 6.42 Å². The van der Waals surface area contributed by atoms with E-state index >= 15 is 0 Å². The number of allylic oxidation sites excluding steroid dienone is 1. The number of hydrogen-bond acceptors (Lipinski definition) is 3. The minimum atomic E-state index is -0.826. The summed E-state index contributed by atoms with van der Waals surface area (Å²) in [7, 11) is 0. The zero-order valence-electron chi connectivity index (χ0n) is 18.6. The van der Waals surface area contributed by atoms with Crippen LogP contribution in [-0.2, 0) is 4.79 Å². The summed E-state index contributed by atoms with van der Waals surface area (Å²) >= 11 is 0. The number of carbonyl (C=O) groups excluding carboxylic acids is 1. The van der Waals surface area contributed by atoms with Crippen molar-refractivity contribution in [2.75, 3.05) is 6.61 Å². The average Bonchev–Trinajstić information content (AvgIpc) is 2.69. The first kappa shape index (κ1) is 27.1. The van der Waals surface area contributed by atoms with Gasteiger partial charge < -0.3 is 15.5 Å². The molecule has 0 rings (SSSR count). The Hall–Kier alpha value is -0.870. The van der Waals surface area contributed by atoms with E-state index in [0.717, 1.165) is 32.1 Å². The number of unbranched alkanes of at least 4 members (excludes halogenated alkanes) is 13. The molecule has 0 heterocycles. The van der Waals surface area contributed by atoms with E-state index in [4.69, 9.17) is 0 Å². The van der Waals surface area contributed by atoms with Crippen LogP contribution in [0.3, 0.4) is 0 Å².